The molecule has 0 amide bonds. The number of halogens is 1. The van der Waals surface area contributed by atoms with Crippen molar-refractivity contribution in [2.24, 2.45) is 7.05 Å². The Labute approximate surface area is 182 Å². The highest BCUT2D eigenvalue weighted by Gasteiger charge is 2.16. The Morgan fingerprint density at radius 3 is 2.60 bits per heavy atom. The molecular weight excluding hydrogens is 426 g/mol. The number of nitrogens with zero attached hydrogens (tertiary/aromatic N) is 5. The molecule has 0 unspecified atom stereocenters. The summed E-state index contributed by atoms with van der Waals surface area (Å²) in [6, 6.07) is 12.9. The van der Waals surface area contributed by atoms with Gasteiger partial charge in [-0.3, -0.25) is 0 Å². The van der Waals surface area contributed by atoms with E-state index in [4.69, 9.17) is 25.6 Å². The van der Waals surface area contributed by atoms with Crippen molar-refractivity contribution < 1.29 is 14.0 Å². The van der Waals surface area contributed by atoms with Crippen molar-refractivity contribution in [3.05, 3.63) is 53.4 Å². The highest BCUT2D eigenvalue weighted by molar-refractivity contribution is 7.98. The molecule has 0 bridgehead atoms. The molecule has 2 heterocycles. The Kier molecular flexibility index (Phi) is 5.91. The minimum absolute atomic E-state index is 0.449. The van der Waals surface area contributed by atoms with Crippen molar-refractivity contribution in [3.63, 3.8) is 0 Å². The predicted octanol–water partition coefficient (Wildman–Crippen LogP) is 4.50. The van der Waals surface area contributed by atoms with Crippen molar-refractivity contribution in [3.8, 4) is 34.3 Å². The van der Waals surface area contributed by atoms with Crippen LogP contribution < -0.4 is 9.47 Å². The molecule has 4 aromatic rings. The van der Waals surface area contributed by atoms with E-state index in [0.29, 0.717) is 34.0 Å². The maximum atomic E-state index is 5.96. The van der Waals surface area contributed by atoms with Gasteiger partial charge in [-0.25, -0.2) is 0 Å². The second-order valence-electron chi connectivity index (χ2n) is 6.24. The smallest absolute Gasteiger partial charge is 0.237 e. The lowest BCUT2D eigenvalue weighted by atomic mass is 10.2. The molecule has 10 heteroatoms. The topological polar surface area (TPSA) is 88.1 Å². The molecule has 30 heavy (non-hydrogen) atoms. The summed E-state index contributed by atoms with van der Waals surface area (Å²) in [5, 5.41) is 14.0. The number of hydrogen-bond acceptors (Lipinski definition) is 8. The third-order valence-corrected chi connectivity index (χ3v) is 5.64. The molecule has 0 aliphatic rings. The van der Waals surface area contributed by atoms with Gasteiger partial charge in [-0.15, -0.1) is 10.2 Å². The quantitative estimate of drug-likeness (QED) is 0.386. The molecule has 0 saturated heterocycles. The van der Waals surface area contributed by atoms with E-state index in [-0.39, 0.29) is 0 Å². The molecule has 0 atom stereocenters. The first-order valence-corrected chi connectivity index (χ1v) is 10.3. The van der Waals surface area contributed by atoms with E-state index in [2.05, 4.69) is 20.3 Å². The van der Waals surface area contributed by atoms with Crippen LogP contribution in [-0.4, -0.2) is 39.1 Å². The summed E-state index contributed by atoms with van der Waals surface area (Å²) in [6.45, 7) is 0. The van der Waals surface area contributed by atoms with E-state index in [1.54, 1.807) is 20.3 Å². The maximum Gasteiger partial charge on any atom is 0.237 e. The van der Waals surface area contributed by atoms with Gasteiger partial charge in [-0.1, -0.05) is 28.5 Å². The Hall–Kier alpha value is -3.04. The van der Waals surface area contributed by atoms with E-state index < -0.39 is 0 Å². The molecular formula is C20H18ClN5O3S. The lowest BCUT2D eigenvalue weighted by Crippen LogP contribution is -1.95. The fourth-order valence-corrected chi connectivity index (χ4v) is 3.70. The van der Waals surface area contributed by atoms with Crippen molar-refractivity contribution in [2.45, 2.75) is 10.9 Å². The maximum absolute atomic E-state index is 5.96. The van der Waals surface area contributed by atoms with Crippen LogP contribution in [0.1, 0.15) is 5.89 Å². The summed E-state index contributed by atoms with van der Waals surface area (Å²) >= 11 is 7.42. The Morgan fingerprint density at radius 1 is 1.07 bits per heavy atom. The van der Waals surface area contributed by atoms with Gasteiger partial charge < -0.3 is 18.6 Å². The lowest BCUT2D eigenvalue weighted by Gasteiger charge is -2.07. The van der Waals surface area contributed by atoms with Crippen LogP contribution in [0.2, 0.25) is 5.02 Å². The third-order valence-electron chi connectivity index (χ3n) is 4.38. The van der Waals surface area contributed by atoms with E-state index >= 15 is 0 Å². The van der Waals surface area contributed by atoms with Crippen LogP contribution in [-0.2, 0) is 12.8 Å². The first-order valence-electron chi connectivity index (χ1n) is 8.92. The van der Waals surface area contributed by atoms with Gasteiger partial charge in [0, 0.05) is 23.7 Å². The van der Waals surface area contributed by atoms with Crippen LogP contribution in [0.25, 0.3) is 22.8 Å². The monoisotopic (exact) mass is 443 g/mol. The zero-order valence-corrected chi connectivity index (χ0v) is 18.1. The molecule has 0 saturated carbocycles. The highest BCUT2D eigenvalue weighted by atomic mass is 35.5. The molecule has 154 valence electrons. The number of methoxy groups -OCH3 is 2. The summed E-state index contributed by atoms with van der Waals surface area (Å²) < 4.78 is 17.9. The SMILES string of the molecule is COc1ccc(-c2noc(CSc3nnc(-c4ccc(Cl)cc4)n3C)n2)c(OC)c1. The molecule has 0 aliphatic heterocycles. The van der Waals surface area contributed by atoms with Crippen molar-refractivity contribution in [2.75, 3.05) is 14.2 Å². The number of hydrogen-bond donors (Lipinski definition) is 0. The fraction of sp³-hybridized carbons (Fsp3) is 0.200. The van der Waals surface area contributed by atoms with Gasteiger partial charge in [0.1, 0.15) is 11.5 Å². The average Bonchev–Trinajstić information content (AvgIpc) is 3.39. The van der Waals surface area contributed by atoms with Crippen LogP contribution >= 0.6 is 23.4 Å². The molecule has 0 N–H and O–H groups in total. The van der Waals surface area contributed by atoms with Gasteiger partial charge in [0.25, 0.3) is 0 Å². The van der Waals surface area contributed by atoms with Gasteiger partial charge in [0.2, 0.25) is 11.7 Å². The lowest BCUT2D eigenvalue weighted by molar-refractivity contribution is 0.388. The molecule has 4 rings (SSSR count). The summed E-state index contributed by atoms with van der Waals surface area (Å²) in [5.74, 6) is 3.43. The highest BCUT2D eigenvalue weighted by Crippen LogP contribution is 2.32. The minimum atomic E-state index is 0.449. The second-order valence-corrected chi connectivity index (χ2v) is 7.62. The van der Waals surface area contributed by atoms with E-state index in [0.717, 1.165) is 22.1 Å². The molecule has 2 aromatic heterocycles. The Bertz CT molecular complexity index is 1160. The normalized spacial score (nSPS) is 10.9. The summed E-state index contributed by atoms with van der Waals surface area (Å²) in [5.41, 5.74) is 1.66. The molecule has 2 aromatic carbocycles. The molecule has 8 nitrogen and oxygen atoms in total. The first-order chi connectivity index (χ1) is 14.6. The Balaban J connectivity index is 1.49. The largest absolute Gasteiger partial charge is 0.497 e. The standard InChI is InChI=1S/C20H18ClN5O3S/c1-26-19(12-4-6-13(21)7-5-12)23-24-20(26)30-11-17-22-18(25-29-17)15-9-8-14(27-2)10-16(15)28-3/h4-10H,11H2,1-3H3. The van der Waals surface area contributed by atoms with Crippen LogP contribution in [0.5, 0.6) is 11.5 Å². The van der Waals surface area contributed by atoms with Gasteiger partial charge in [-0.2, -0.15) is 4.98 Å². The summed E-state index contributed by atoms with van der Waals surface area (Å²) in [4.78, 5) is 4.47. The van der Waals surface area contributed by atoms with Crippen molar-refractivity contribution in [1.82, 2.24) is 24.9 Å². The number of benzene rings is 2. The van der Waals surface area contributed by atoms with Crippen molar-refractivity contribution >= 4 is 23.4 Å². The van der Waals surface area contributed by atoms with Gasteiger partial charge in [0.05, 0.1) is 25.5 Å². The number of thioether (sulfide) groups is 1. The first kappa shape index (κ1) is 20.2. The van der Waals surface area contributed by atoms with Gasteiger partial charge >= 0.3 is 0 Å². The second kappa shape index (κ2) is 8.76. The molecule has 0 spiro atoms. The predicted molar refractivity (Wildman–Crippen MR) is 114 cm³/mol. The molecule has 0 aliphatic carbocycles. The van der Waals surface area contributed by atoms with Crippen LogP contribution in [0.15, 0.2) is 52.1 Å². The van der Waals surface area contributed by atoms with Gasteiger partial charge in [-0.05, 0) is 36.4 Å². The molecule has 0 fully saturated rings. The van der Waals surface area contributed by atoms with E-state index in [9.17, 15) is 0 Å². The molecule has 0 radical (unpaired) electrons. The summed E-state index contributed by atoms with van der Waals surface area (Å²) in [6.07, 6.45) is 0. The minimum Gasteiger partial charge on any atom is -0.497 e. The van der Waals surface area contributed by atoms with E-state index in [1.165, 1.54) is 11.8 Å². The van der Waals surface area contributed by atoms with E-state index in [1.807, 2.05) is 48.0 Å². The zero-order chi connectivity index (χ0) is 21.1. The zero-order valence-electron chi connectivity index (χ0n) is 16.5. The average molecular weight is 444 g/mol. The Morgan fingerprint density at radius 2 is 1.87 bits per heavy atom. The summed E-state index contributed by atoms with van der Waals surface area (Å²) in [7, 11) is 5.10. The van der Waals surface area contributed by atoms with Gasteiger partial charge in [0.15, 0.2) is 11.0 Å². The number of aromatic nitrogens is 5. The van der Waals surface area contributed by atoms with Crippen LogP contribution in [0, 0.1) is 0 Å². The van der Waals surface area contributed by atoms with Crippen LogP contribution in [0.3, 0.4) is 0 Å². The fourth-order valence-electron chi connectivity index (χ4n) is 2.82. The van der Waals surface area contributed by atoms with Crippen molar-refractivity contribution in [1.29, 1.82) is 0 Å². The third kappa shape index (κ3) is 4.12. The number of ether oxygens (including phenoxy) is 2. The van der Waals surface area contributed by atoms with Crippen LogP contribution in [0.4, 0.5) is 0 Å². The number of rotatable bonds is 7.